The normalized spacial score (nSPS) is 11.2. The van der Waals surface area contributed by atoms with E-state index >= 15 is 0 Å². The van der Waals surface area contributed by atoms with Crippen LogP contribution in [0.4, 0.5) is 17.1 Å². The number of anilines is 3. The molecule has 0 radical (unpaired) electrons. The van der Waals surface area contributed by atoms with Gasteiger partial charge in [-0.2, -0.15) is 0 Å². The first-order valence-corrected chi connectivity index (χ1v) is 23.5. The van der Waals surface area contributed by atoms with Crippen LogP contribution in [0.15, 0.2) is 249 Å². The van der Waals surface area contributed by atoms with E-state index in [1.54, 1.807) is 0 Å². The molecule has 0 saturated heterocycles. The van der Waals surface area contributed by atoms with Gasteiger partial charge in [0.2, 0.25) is 0 Å². The van der Waals surface area contributed by atoms with Crippen molar-refractivity contribution >= 4 is 47.9 Å². The van der Waals surface area contributed by atoms with Crippen LogP contribution in [0.5, 0.6) is 0 Å². The van der Waals surface area contributed by atoms with Crippen LogP contribution in [0.1, 0.15) is 0 Å². The van der Waals surface area contributed by atoms with Crippen molar-refractivity contribution < 1.29 is 0 Å². The molecule has 0 heterocycles. The molecule has 0 aliphatic heterocycles. The van der Waals surface area contributed by atoms with E-state index in [4.69, 9.17) is 0 Å². The fourth-order valence-electron chi connectivity index (χ4n) is 8.09. The average molecular weight is 777 g/mol. The second-order valence-electron chi connectivity index (χ2n) is 14.1. The molecule has 0 bridgehead atoms. The fraction of sp³-hybridized carbons (Fsp3) is 0. The summed E-state index contributed by atoms with van der Waals surface area (Å²) >= 11 is -3.29. The van der Waals surface area contributed by atoms with Crippen LogP contribution >= 0.6 is 0 Å². The van der Waals surface area contributed by atoms with Crippen molar-refractivity contribution in [2.75, 3.05) is 4.90 Å². The van der Waals surface area contributed by atoms with E-state index in [-0.39, 0.29) is 0 Å². The molecule has 0 saturated carbocycles. The Balaban J connectivity index is 1.00. The molecule has 56 heavy (non-hydrogen) atoms. The zero-order chi connectivity index (χ0) is 37.6. The molecule has 9 aromatic rings. The Morgan fingerprint density at radius 3 is 0.786 bits per heavy atom. The van der Waals surface area contributed by atoms with Crippen LogP contribution in [-0.4, -0.2) is 13.3 Å². The number of benzene rings is 9. The molecule has 0 N–H and O–H groups in total. The molecule has 0 atom stereocenters. The zero-order valence-corrected chi connectivity index (χ0v) is 33.2. The first-order chi connectivity index (χ1) is 27.8. The van der Waals surface area contributed by atoms with Gasteiger partial charge in [-0.05, 0) is 35.4 Å². The smallest absolute Gasteiger partial charge is 0.0374 e. The maximum Gasteiger partial charge on any atom is -0.0374 e. The summed E-state index contributed by atoms with van der Waals surface area (Å²) < 4.78 is 5.72. The van der Waals surface area contributed by atoms with Crippen molar-refractivity contribution in [2.24, 2.45) is 0 Å². The maximum absolute atomic E-state index is 3.29. The fourth-order valence-corrected chi connectivity index (χ4v) is 18.0. The van der Waals surface area contributed by atoms with Crippen molar-refractivity contribution in [1.82, 2.24) is 0 Å². The van der Waals surface area contributed by atoms with Gasteiger partial charge in [-0.25, -0.2) is 0 Å². The van der Waals surface area contributed by atoms with Gasteiger partial charge in [0, 0.05) is 11.4 Å². The molecule has 0 aliphatic rings. The third-order valence-corrected chi connectivity index (χ3v) is 20.9. The third-order valence-electron chi connectivity index (χ3n) is 10.9. The Hall–Kier alpha value is -6.68. The minimum atomic E-state index is -3.29. The van der Waals surface area contributed by atoms with Gasteiger partial charge in [0.15, 0.2) is 0 Å². The van der Waals surface area contributed by atoms with E-state index in [9.17, 15) is 0 Å². The number of hydrogen-bond acceptors (Lipinski definition) is 1. The molecule has 0 aromatic heterocycles. The number of hydrogen-bond donors (Lipinski definition) is 0. The molecule has 2 heteroatoms. The van der Waals surface area contributed by atoms with Crippen LogP contribution in [0.25, 0.3) is 33.4 Å². The molecule has 0 spiro atoms. The van der Waals surface area contributed by atoms with Gasteiger partial charge in [-0.15, -0.1) is 0 Å². The Kier molecular flexibility index (Phi) is 9.99. The predicted molar refractivity (Wildman–Crippen MR) is 241 cm³/mol. The van der Waals surface area contributed by atoms with E-state index in [0.29, 0.717) is 0 Å². The van der Waals surface area contributed by atoms with E-state index < -0.39 is 13.3 Å². The van der Waals surface area contributed by atoms with Crippen molar-refractivity contribution in [3.8, 4) is 33.4 Å². The SMILES string of the molecule is c1ccc(-c2ccc(N(c3ccccc3)c3ccc(-c4ccc(-c5cc[c]([Ge]([c]6ccccc6)([c]6ccccc6)[c]6ccccc6)cc5)cc4)cc3)cc2)cc1. The van der Waals surface area contributed by atoms with Crippen molar-refractivity contribution in [1.29, 1.82) is 0 Å². The van der Waals surface area contributed by atoms with E-state index in [0.717, 1.165) is 17.1 Å². The second kappa shape index (κ2) is 16.0. The van der Waals surface area contributed by atoms with Gasteiger partial charge in [-0.1, -0.05) is 60.7 Å². The van der Waals surface area contributed by atoms with E-state index in [2.05, 4.69) is 254 Å². The summed E-state index contributed by atoms with van der Waals surface area (Å²) in [6.45, 7) is 0. The molecule has 0 aliphatic carbocycles. The van der Waals surface area contributed by atoms with Gasteiger partial charge in [0.25, 0.3) is 0 Å². The predicted octanol–water partition coefficient (Wildman–Crippen LogP) is 11.5. The monoisotopic (exact) mass is 777 g/mol. The van der Waals surface area contributed by atoms with Gasteiger partial charge >= 0.3 is 223 Å². The largest absolute Gasteiger partial charge is 0.0617 e. The summed E-state index contributed by atoms with van der Waals surface area (Å²) in [7, 11) is 0. The molecular weight excluding hydrogens is 735 g/mol. The average Bonchev–Trinajstić information content (AvgIpc) is 3.29. The van der Waals surface area contributed by atoms with E-state index in [1.807, 2.05) is 0 Å². The Morgan fingerprint density at radius 1 is 0.196 bits per heavy atom. The summed E-state index contributed by atoms with van der Waals surface area (Å²) in [5.74, 6) is 0. The van der Waals surface area contributed by atoms with Crippen LogP contribution in [0.2, 0.25) is 0 Å². The molecule has 0 fully saturated rings. The number of rotatable bonds is 10. The van der Waals surface area contributed by atoms with Crippen LogP contribution in [0, 0.1) is 0 Å². The quantitative estimate of drug-likeness (QED) is 0.125. The molecular formula is C54H41GeN. The molecule has 9 rings (SSSR count). The summed E-state index contributed by atoms with van der Waals surface area (Å²) in [4.78, 5) is 2.32. The topological polar surface area (TPSA) is 3.24 Å². The molecule has 1 nitrogen and oxygen atoms in total. The van der Waals surface area contributed by atoms with Crippen LogP contribution in [0.3, 0.4) is 0 Å². The van der Waals surface area contributed by atoms with Crippen molar-refractivity contribution in [3.63, 3.8) is 0 Å². The minimum absolute atomic E-state index is 1.12. The standard InChI is InChI=1S/C54H41GeN/c1-6-16-42(17-7-1)46-32-38-53(39-33-46)56(52-24-14-5-15-25-52)54-40-34-47(35-41-54)44-28-26-43(27-29-44)45-30-36-51(37-31-45)55(48-18-8-2-9-19-48,49-20-10-3-11-21-49)50-22-12-4-13-23-50/h1-41H. The van der Waals surface area contributed by atoms with Gasteiger partial charge in [0.05, 0.1) is 0 Å². The second-order valence-corrected chi connectivity index (χ2v) is 22.1. The molecule has 266 valence electrons. The van der Waals surface area contributed by atoms with Crippen molar-refractivity contribution in [3.05, 3.63) is 249 Å². The minimum Gasteiger partial charge on any atom is -0.0617 e. The summed E-state index contributed by atoms with van der Waals surface area (Å²) in [5, 5.41) is 0. The maximum atomic E-state index is 2.39. The van der Waals surface area contributed by atoms with E-state index in [1.165, 1.54) is 51.0 Å². The number of para-hydroxylation sites is 1. The first kappa shape index (κ1) is 35.1. The molecule has 9 aromatic carbocycles. The molecule has 0 unspecified atom stereocenters. The Bertz CT molecular complexity index is 2510. The van der Waals surface area contributed by atoms with Crippen LogP contribution < -0.4 is 22.5 Å². The van der Waals surface area contributed by atoms with Gasteiger partial charge in [-0.3, -0.25) is 0 Å². The van der Waals surface area contributed by atoms with Gasteiger partial charge in [0.1, 0.15) is 0 Å². The third kappa shape index (κ3) is 6.90. The Morgan fingerprint density at radius 2 is 0.429 bits per heavy atom. The zero-order valence-electron chi connectivity index (χ0n) is 31.1. The van der Waals surface area contributed by atoms with Crippen molar-refractivity contribution in [2.45, 2.75) is 0 Å². The summed E-state index contributed by atoms with van der Waals surface area (Å²) in [5.41, 5.74) is 10.6. The van der Waals surface area contributed by atoms with Crippen LogP contribution in [-0.2, 0) is 0 Å². The Labute approximate surface area is 333 Å². The molecule has 0 amide bonds. The first-order valence-electron chi connectivity index (χ1n) is 19.3. The summed E-state index contributed by atoms with van der Waals surface area (Å²) in [6.07, 6.45) is 0. The summed E-state index contributed by atoms with van der Waals surface area (Å²) in [6, 6.07) is 90.8. The number of nitrogens with zero attached hydrogens (tertiary/aromatic N) is 1. The van der Waals surface area contributed by atoms with Gasteiger partial charge < -0.3 is 4.90 Å².